The number of ether oxygens (including phenoxy) is 2. The highest BCUT2D eigenvalue weighted by Crippen LogP contribution is 2.16. The Hall–Kier alpha value is -3.35. The lowest BCUT2D eigenvalue weighted by molar-refractivity contribution is -0.116. The first-order valence-electron chi connectivity index (χ1n) is 8.53. The number of nitrogens with one attached hydrogen (secondary N) is 2. The van der Waals surface area contributed by atoms with E-state index in [9.17, 15) is 14.4 Å². The fourth-order valence-electron chi connectivity index (χ4n) is 2.35. The lowest BCUT2D eigenvalue weighted by Crippen LogP contribution is -2.28. The molecular formula is C20H22N2O5. The first-order valence-corrected chi connectivity index (χ1v) is 8.53. The number of anilines is 1. The third kappa shape index (κ3) is 5.85. The van der Waals surface area contributed by atoms with Gasteiger partial charge in [-0.05, 0) is 37.3 Å². The molecule has 0 aromatic heterocycles. The van der Waals surface area contributed by atoms with Gasteiger partial charge in [0.15, 0.2) is 0 Å². The third-order valence-corrected chi connectivity index (χ3v) is 3.67. The van der Waals surface area contributed by atoms with Gasteiger partial charge in [0.05, 0.1) is 25.0 Å². The Morgan fingerprint density at radius 3 is 2.56 bits per heavy atom. The summed E-state index contributed by atoms with van der Waals surface area (Å²) in [6.07, 6.45) is 0.0624. The van der Waals surface area contributed by atoms with Crippen LogP contribution in [0.25, 0.3) is 0 Å². The van der Waals surface area contributed by atoms with Crippen LogP contribution in [0.5, 0.6) is 5.75 Å². The highest BCUT2D eigenvalue weighted by atomic mass is 16.5. The van der Waals surface area contributed by atoms with Crippen LogP contribution in [0, 0.1) is 0 Å². The molecule has 2 rings (SSSR count). The number of rotatable bonds is 8. The second-order valence-electron chi connectivity index (χ2n) is 5.55. The summed E-state index contributed by atoms with van der Waals surface area (Å²) in [6, 6.07) is 13.3. The molecule has 0 aliphatic heterocycles. The van der Waals surface area contributed by atoms with Crippen molar-refractivity contribution in [2.24, 2.45) is 0 Å². The zero-order chi connectivity index (χ0) is 19.6. The van der Waals surface area contributed by atoms with Crippen LogP contribution in [0.15, 0.2) is 48.5 Å². The number of carbonyl (C=O) groups excluding carboxylic acids is 3. The van der Waals surface area contributed by atoms with Gasteiger partial charge in [0, 0.05) is 18.5 Å². The second kappa shape index (κ2) is 9.96. The number of carbonyl (C=O) groups is 3. The molecule has 0 saturated carbocycles. The second-order valence-corrected chi connectivity index (χ2v) is 5.55. The van der Waals surface area contributed by atoms with Gasteiger partial charge in [0.2, 0.25) is 5.91 Å². The molecule has 27 heavy (non-hydrogen) atoms. The van der Waals surface area contributed by atoms with Crippen LogP contribution in [0.2, 0.25) is 0 Å². The molecule has 2 aromatic rings. The molecule has 2 aromatic carbocycles. The van der Waals surface area contributed by atoms with E-state index in [1.165, 1.54) is 7.11 Å². The fourth-order valence-corrected chi connectivity index (χ4v) is 2.35. The Kier molecular flexibility index (Phi) is 7.37. The molecule has 7 heteroatoms. The highest BCUT2D eigenvalue weighted by molar-refractivity contribution is 6.01. The number of benzene rings is 2. The third-order valence-electron chi connectivity index (χ3n) is 3.67. The van der Waals surface area contributed by atoms with Crippen molar-refractivity contribution in [3.63, 3.8) is 0 Å². The van der Waals surface area contributed by atoms with E-state index in [0.29, 0.717) is 17.0 Å². The Bertz CT molecular complexity index is 820. The number of methoxy groups -OCH3 is 1. The van der Waals surface area contributed by atoms with E-state index in [4.69, 9.17) is 9.47 Å². The number of esters is 1. The minimum Gasteiger partial charge on any atom is -0.497 e. The van der Waals surface area contributed by atoms with Gasteiger partial charge in [0.1, 0.15) is 5.75 Å². The molecule has 0 aliphatic rings. The molecule has 0 heterocycles. The van der Waals surface area contributed by atoms with Crippen molar-refractivity contribution in [3.8, 4) is 5.75 Å². The molecule has 0 fully saturated rings. The number of para-hydroxylation sites is 1. The van der Waals surface area contributed by atoms with Crippen molar-refractivity contribution in [1.82, 2.24) is 5.32 Å². The molecule has 7 nitrogen and oxygen atoms in total. The van der Waals surface area contributed by atoms with E-state index in [-0.39, 0.29) is 37.0 Å². The Labute approximate surface area is 157 Å². The van der Waals surface area contributed by atoms with E-state index in [2.05, 4.69) is 10.6 Å². The molecule has 0 saturated heterocycles. The highest BCUT2D eigenvalue weighted by Gasteiger charge is 2.14. The summed E-state index contributed by atoms with van der Waals surface area (Å²) in [7, 11) is 1.52. The summed E-state index contributed by atoms with van der Waals surface area (Å²) in [6.45, 7) is 2.12. The molecule has 0 unspecified atom stereocenters. The predicted octanol–water partition coefficient (Wildman–Crippen LogP) is 2.63. The van der Waals surface area contributed by atoms with Crippen LogP contribution in [0.4, 0.5) is 5.69 Å². The van der Waals surface area contributed by atoms with Gasteiger partial charge < -0.3 is 20.1 Å². The van der Waals surface area contributed by atoms with Gasteiger partial charge in [-0.15, -0.1) is 0 Å². The maximum Gasteiger partial charge on any atom is 0.340 e. The average Bonchev–Trinajstić information content (AvgIpc) is 2.68. The quantitative estimate of drug-likeness (QED) is 0.697. The van der Waals surface area contributed by atoms with Crippen molar-refractivity contribution in [2.45, 2.75) is 13.3 Å². The summed E-state index contributed by atoms with van der Waals surface area (Å²) in [5, 5.41) is 5.35. The van der Waals surface area contributed by atoms with Gasteiger partial charge in [-0.1, -0.05) is 18.2 Å². The predicted molar refractivity (Wildman–Crippen MR) is 101 cm³/mol. The molecule has 2 amide bonds. The summed E-state index contributed by atoms with van der Waals surface area (Å²) in [5.41, 5.74) is 1.11. The maximum atomic E-state index is 12.1. The van der Waals surface area contributed by atoms with Crippen molar-refractivity contribution >= 4 is 23.5 Å². The Morgan fingerprint density at radius 2 is 1.81 bits per heavy atom. The minimum atomic E-state index is -0.500. The van der Waals surface area contributed by atoms with Crippen LogP contribution in [-0.2, 0) is 9.53 Å². The summed E-state index contributed by atoms with van der Waals surface area (Å²) in [4.78, 5) is 36.2. The topological polar surface area (TPSA) is 93.7 Å². The van der Waals surface area contributed by atoms with Gasteiger partial charge >= 0.3 is 5.97 Å². The van der Waals surface area contributed by atoms with Crippen LogP contribution >= 0.6 is 0 Å². The Morgan fingerprint density at radius 1 is 1.04 bits per heavy atom. The standard InChI is InChI=1S/C20H22N2O5/c1-3-27-20(25)16-9-4-5-10-17(16)22-18(23)11-12-21-19(24)14-7-6-8-15(13-14)26-2/h4-10,13H,3,11-12H2,1-2H3,(H,21,24)(H,22,23). The normalized spacial score (nSPS) is 10.0. The SMILES string of the molecule is CCOC(=O)c1ccccc1NC(=O)CCNC(=O)c1cccc(OC)c1. The fraction of sp³-hybridized carbons (Fsp3) is 0.250. The van der Waals surface area contributed by atoms with Gasteiger partial charge in [-0.3, -0.25) is 9.59 Å². The monoisotopic (exact) mass is 370 g/mol. The van der Waals surface area contributed by atoms with Crippen LogP contribution in [0.1, 0.15) is 34.1 Å². The van der Waals surface area contributed by atoms with E-state index in [1.807, 2.05) is 0 Å². The molecule has 2 N–H and O–H groups in total. The largest absolute Gasteiger partial charge is 0.497 e. The van der Waals surface area contributed by atoms with Gasteiger partial charge in [-0.2, -0.15) is 0 Å². The zero-order valence-electron chi connectivity index (χ0n) is 15.3. The number of hydrogen-bond acceptors (Lipinski definition) is 5. The minimum absolute atomic E-state index is 0.0624. The molecule has 0 bridgehead atoms. The van der Waals surface area contributed by atoms with Gasteiger partial charge in [0.25, 0.3) is 5.91 Å². The molecule has 0 aliphatic carbocycles. The van der Waals surface area contributed by atoms with Crippen molar-refractivity contribution < 1.29 is 23.9 Å². The molecule has 0 spiro atoms. The van der Waals surface area contributed by atoms with Crippen LogP contribution in [-0.4, -0.2) is 38.0 Å². The zero-order valence-corrected chi connectivity index (χ0v) is 15.3. The van der Waals surface area contributed by atoms with E-state index < -0.39 is 5.97 Å². The first-order chi connectivity index (χ1) is 13.0. The molecule has 0 atom stereocenters. The first kappa shape index (κ1) is 20.0. The number of amides is 2. The summed E-state index contributed by atoms with van der Waals surface area (Å²) < 4.78 is 10.1. The Balaban J connectivity index is 1.88. The summed E-state index contributed by atoms with van der Waals surface area (Å²) >= 11 is 0. The smallest absolute Gasteiger partial charge is 0.340 e. The summed E-state index contributed by atoms with van der Waals surface area (Å²) in [5.74, 6) is -0.540. The lowest BCUT2D eigenvalue weighted by Gasteiger charge is -2.11. The van der Waals surface area contributed by atoms with Gasteiger partial charge in [-0.25, -0.2) is 4.79 Å². The number of hydrogen-bond donors (Lipinski definition) is 2. The molecule has 142 valence electrons. The average molecular weight is 370 g/mol. The van der Waals surface area contributed by atoms with E-state index in [0.717, 1.165) is 0 Å². The van der Waals surface area contributed by atoms with Crippen molar-refractivity contribution in [2.75, 3.05) is 25.6 Å². The van der Waals surface area contributed by atoms with Crippen LogP contribution < -0.4 is 15.4 Å². The van der Waals surface area contributed by atoms with Crippen molar-refractivity contribution in [3.05, 3.63) is 59.7 Å². The molecule has 0 radical (unpaired) electrons. The van der Waals surface area contributed by atoms with E-state index >= 15 is 0 Å². The van der Waals surface area contributed by atoms with Crippen molar-refractivity contribution in [1.29, 1.82) is 0 Å². The van der Waals surface area contributed by atoms with E-state index in [1.54, 1.807) is 55.5 Å². The van der Waals surface area contributed by atoms with Crippen LogP contribution in [0.3, 0.4) is 0 Å². The lowest BCUT2D eigenvalue weighted by atomic mass is 10.1. The maximum absolute atomic E-state index is 12.1. The molecular weight excluding hydrogens is 348 g/mol.